The van der Waals surface area contributed by atoms with Crippen molar-refractivity contribution in [1.29, 1.82) is 0 Å². The smallest absolute Gasteiger partial charge is 0.291 e. The zero-order valence-electron chi connectivity index (χ0n) is 14.3. The highest BCUT2D eigenvalue weighted by atomic mass is 35.5. The van der Waals surface area contributed by atoms with E-state index in [1.165, 1.54) is 17.6 Å². The fourth-order valence-corrected chi connectivity index (χ4v) is 3.47. The summed E-state index contributed by atoms with van der Waals surface area (Å²) < 4.78 is 5.06. The van der Waals surface area contributed by atoms with Crippen LogP contribution in [-0.4, -0.2) is 56.0 Å². The van der Waals surface area contributed by atoms with Crippen LogP contribution in [0.3, 0.4) is 0 Å². The molecule has 0 unspecified atom stereocenters. The van der Waals surface area contributed by atoms with Crippen molar-refractivity contribution >= 4 is 40.6 Å². The van der Waals surface area contributed by atoms with Gasteiger partial charge in [0, 0.05) is 32.7 Å². The minimum absolute atomic E-state index is 0. The number of piperazine rings is 1. The molecule has 26 heavy (non-hydrogen) atoms. The first-order chi connectivity index (χ1) is 12.2. The Balaban J connectivity index is 0.00000243. The number of amides is 2. The molecular formula is C17H23ClN4O3S. The molecule has 0 aliphatic carbocycles. The highest BCUT2D eigenvalue weighted by Gasteiger charge is 2.17. The summed E-state index contributed by atoms with van der Waals surface area (Å²) in [6, 6.07) is 4.95. The van der Waals surface area contributed by atoms with Gasteiger partial charge in [0.15, 0.2) is 5.76 Å². The first-order valence-corrected chi connectivity index (χ1v) is 9.25. The van der Waals surface area contributed by atoms with Crippen LogP contribution < -0.4 is 16.0 Å². The Hall–Kier alpha value is -1.87. The van der Waals surface area contributed by atoms with Gasteiger partial charge < -0.3 is 25.3 Å². The lowest BCUT2D eigenvalue weighted by atomic mass is 10.2. The van der Waals surface area contributed by atoms with Crippen LogP contribution in [0.2, 0.25) is 0 Å². The van der Waals surface area contributed by atoms with Crippen molar-refractivity contribution in [3.8, 4) is 0 Å². The Morgan fingerprint density at radius 3 is 2.77 bits per heavy atom. The highest BCUT2D eigenvalue weighted by Crippen LogP contribution is 2.24. The van der Waals surface area contributed by atoms with E-state index >= 15 is 0 Å². The molecule has 1 fully saturated rings. The quantitative estimate of drug-likeness (QED) is 0.621. The van der Waals surface area contributed by atoms with Crippen molar-refractivity contribution in [2.75, 3.05) is 44.6 Å². The van der Waals surface area contributed by atoms with Gasteiger partial charge in [-0.15, -0.1) is 23.7 Å². The van der Waals surface area contributed by atoms with E-state index in [0.29, 0.717) is 17.1 Å². The van der Waals surface area contributed by atoms with E-state index in [4.69, 9.17) is 4.42 Å². The largest absolute Gasteiger partial charge is 0.459 e. The number of furan rings is 1. The zero-order valence-corrected chi connectivity index (χ0v) is 16.0. The lowest BCUT2D eigenvalue weighted by molar-refractivity contribution is 0.0952. The number of halogens is 1. The van der Waals surface area contributed by atoms with Crippen LogP contribution in [0, 0.1) is 0 Å². The number of hydrogen-bond donors (Lipinski definition) is 3. The molecule has 2 aromatic heterocycles. The second kappa shape index (κ2) is 10.3. The second-order valence-corrected chi connectivity index (χ2v) is 6.71. The molecule has 1 aliphatic rings. The van der Waals surface area contributed by atoms with Crippen LogP contribution in [-0.2, 0) is 0 Å². The molecule has 0 atom stereocenters. The van der Waals surface area contributed by atoms with Gasteiger partial charge in [0.2, 0.25) is 0 Å². The molecule has 7 nitrogen and oxygen atoms in total. The van der Waals surface area contributed by atoms with Gasteiger partial charge >= 0.3 is 0 Å². The SMILES string of the molecule is Cl.O=C(Nc1sccc1C(=O)NCCCN1CCNCC1)c1ccco1. The van der Waals surface area contributed by atoms with Gasteiger partial charge in [-0.3, -0.25) is 9.59 Å². The third-order valence-electron chi connectivity index (χ3n) is 4.03. The van der Waals surface area contributed by atoms with Crippen LogP contribution in [0.25, 0.3) is 0 Å². The number of nitrogens with one attached hydrogen (secondary N) is 3. The van der Waals surface area contributed by atoms with Crippen LogP contribution in [0.15, 0.2) is 34.3 Å². The zero-order chi connectivity index (χ0) is 17.5. The van der Waals surface area contributed by atoms with Gasteiger partial charge in [0.25, 0.3) is 11.8 Å². The van der Waals surface area contributed by atoms with Gasteiger partial charge in [0.1, 0.15) is 5.00 Å². The average Bonchev–Trinajstić information content (AvgIpc) is 3.31. The van der Waals surface area contributed by atoms with Gasteiger partial charge in [-0.2, -0.15) is 0 Å². The summed E-state index contributed by atoms with van der Waals surface area (Å²) >= 11 is 1.32. The molecule has 1 saturated heterocycles. The molecule has 0 bridgehead atoms. The molecule has 0 radical (unpaired) electrons. The fourth-order valence-electron chi connectivity index (χ4n) is 2.69. The molecule has 0 spiro atoms. The second-order valence-electron chi connectivity index (χ2n) is 5.80. The fraction of sp³-hybridized carbons (Fsp3) is 0.412. The van der Waals surface area contributed by atoms with Gasteiger partial charge in [0.05, 0.1) is 11.8 Å². The van der Waals surface area contributed by atoms with E-state index in [0.717, 1.165) is 39.1 Å². The number of rotatable bonds is 7. The first-order valence-electron chi connectivity index (χ1n) is 8.37. The summed E-state index contributed by atoms with van der Waals surface area (Å²) in [5.41, 5.74) is 0.479. The molecule has 0 aromatic carbocycles. The van der Waals surface area contributed by atoms with E-state index < -0.39 is 0 Å². The standard InChI is InChI=1S/C17H22N4O3S.ClH/c22-15(19-5-2-8-21-9-6-18-7-10-21)13-4-12-25-17(13)20-16(23)14-3-1-11-24-14;/h1,3-4,11-12,18H,2,5-10H2,(H,19,22)(H,20,23);1H. The molecular weight excluding hydrogens is 376 g/mol. The lowest BCUT2D eigenvalue weighted by Crippen LogP contribution is -2.44. The van der Waals surface area contributed by atoms with Gasteiger partial charge in [-0.25, -0.2) is 0 Å². The third-order valence-corrected chi connectivity index (χ3v) is 4.86. The molecule has 9 heteroatoms. The van der Waals surface area contributed by atoms with Crippen LogP contribution in [0.4, 0.5) is 5.00 Å². The maximum atomic E-state index is 12.3. The molecule has 0 saturated carbocycles. The van der Waals surface area contributed by atoms with Crippen LogP contribution in [0.1, 0.15) is 27.3 Å². The Kier molecular flexibility index (Phi) is 8.11. The molecule has 2 aromatic rings. The number of thiophene rings is 1. The molecule has 3 N–H and O–H groups in total. The minimum Gasteiger partial charge on any atom is -0.459 e. The molecule has 142 valence electrons. The number of nitrogens with zero attached hydrogens (tertiary/aromatic N) is 1. The maximum Gasteiger partial charge on any atom is 0.291 e. The Bertz CT molecular complexity index is 699. The number of anilines is 1. The number of carbonyl (C=O) groups excluding carboxylic acids is 2. The lowest BCUT2D eigenvalue weighted by Gasteiger charge is -2.27. The van der Waals surface area contributed by atoms with Gasteiger partial charge in [-0.1, -0.05) is 0 Å². The van der Waals surface area contributed by atoms with Crippen molar-refractivity contribution in [1.82, 2.24) is 15.5 Å². The van der Waals surface area contributed by atoms with E-state index in [2.05, 4.69) is 20.9 Å². The van der Waals surface area contributed by atoms with E-state index in [1.54, 1.807) is 23.6 Å². The van der Waals surface area contributed by atoms with Gasteiger partial charge in [-0.05, 0) is 36.5 Å². The monoisotopic (exact) mass is 398 g/mol. The van der Waals surface area contributed by atoms with E-state index in [-0.39, 0.29) is 30.0 Å². The highest BCUT2D eigenvalue weighted by molar-refractivity contribution is 7.14. The molecule has 3 rings (SSSR count). The summed E-state index contributed by atoms with van der Waals surface area (Å²) in [5.74, 6) is -0.313. The van der Waals surface area contributed by atoms with Crippen LogP contribution in [0.5, 0.6) is 0 Å². The van der Waals surface area contributed by atoms with E-state index in [1.807, 2.05) is 0 Å². The molecule has 3 heterocycles. The summed E-state index contributed by atoms with van der Waals surface area (Å²) in [6.45, 7) is 5.76. The summed E-state index contributed by atoms with van der Waals surface area (Å²) in [5, 5.41) is 11.3. The normalized spacial score (nSPS) is 14.5. The molecule has 2 amide bonds. The Morgan fingerprint density at radius 1 is 1.23 bits per heavy atom. The third kappa shape index (κ3) is 5.57. The Labute approximate surface area is 162 Å². The predicted molar refractivity (Wildman–Crippen MR) is 104 cm³/mol. The summed E-state index contributed by atoms with van der Waals surface area (Å²) in [4.78, 5) is 26.8. The Morgan fingerprint density at radius 2 is 2.04 bits per heavy atom. The van der Waals surface area contributed by atoms with Crippen molar-refractivity contribution in [3.05, 3.63) is 41.2 Å². The van der Waals surface area contributed by atoms with Crippen molar-refractivity contribution in [2.45, 2.75) is 6.42 Å². The van der Waals surface area contributed by atoms with Crippen molar-refractivity contribution in [3.63, 3.8) is 0 Å². The van der Waals surface area contributed by atoms with Crippen molar-refractivity contribution < 1.29 is 14.0 Å². The number of carbonyl (C=O) groups is 2. The predicted octanol–water partition coefficient (Wildman–Crippen LogP) is 2.04. The summed E-state index contributed by atoms with van der Waals surface area (Å²) in [7, 11) is 0. The minimum atomic E-state index is -0.361. The first kappa shape index (κ1) is 20.4. The number of hydrogen-bond acceptors (Lipinski definition) is 6. The van der Waals surface area contributed by atoms with E-state index in [9.17, 15) is 9.59 Å². The summed E-state index contributed by atoms with van der Waals surface area (Å²) in [6.07, 6.45) is 2.35. The van der Waals surface area contributed by atoms with Crippen molar-refractivity contribution in [2.24, 2.45) is 0 Å². The molecule has 1 aliphatic heterocycles. The maximum absolute atomic E-state index is 12.3. The van der Waals surface area contributed by atoms with Crippen LogP contribution >= 0.6 is 23.7 Å². The topological polar surface area (TPSA) is 86.6 Å². The average molecular weight is 399 g/mol.